The van der Waals surface area contributed by atoms with Gasteiger partial charge >= 0.3 is 11.9 Å². The predicted molar refractivity (Wildman–Crippen MR) is 283 cm³/mol. The molecule has 17 heteroatoms. The van der Waals surface area contributed by atoms with E-state index in [0.29, 0.717) is 69.1 Å². The SMILES string of the molecule is CO[C@H]1C[C@@H]2CC[C@@H](C)[C@@](O)(O2)C(=O)C(=O)N2CCCC[C@H]2C(=O)O[C@H]([C@H](C)C[C@@H]2CC[C@@H](O)[C@H](OC)C2)C[C@@H](O)[C@H](C)/C=C(\C)[C@@H](O)[C@@H](OC)C(=NOc2cccc(C(=O)O)c2)[C@H](C)C[C@H](C)/C=C/C=C/C=C/1C. The molecule has 5 N–H and O–H groups in total. The summed E-state index contributed by atoms with van der Waals surface area (Å²) < 4.78 is 30.1. The van der Waals surface area contributed by atoms with E-state index in [2.05, 4.69) is 5.16 Å². The van der Waals surface area contributed by atoms with Crippen molar-refractivity contribution in [3.05, 3.63) is 77.4 Å². The van der Waals surface area contributed by atoms with Gasteiger partial charge in [0.15, 0.2) is 5.75 Å². The number of carbonyl (C=O) groups is 4. The van der Waals surface area contributed by atoms with Crippen LogP contribution in [0.15, 0.2) is 77.0 Å². The zero-order chi connectivity index (χ0) is 55.1. The second kappa shape index (κ2) is 28.7. The third kappa shape index (κ3) is 16.5. The van der Waals surface area contributed by atoms with Gasteiger partial charge in [0.05, 0.1) is 41.8 Å². The van der Waals surface area contributed by atoms with E-state index in [1.165, 1.54) is 24.1 Å². The Labute approximate surface area is 444 Å². The average Bonchev–Trinajstić information content (AvgIpc) is 3.39. The Kier molecular flexibility index (Phi) is 23.4. The Morgan fingerprint density at radius 3 is 2.31 bits per heavy atom. The molecule has 1 aromatic carbocycles. The summed E-state index contributed by atoms with van der Waals surface area (Å²) in [6.07, 6.45) is 10.6. The molecule has 0 unspecified atom stereocenters. The molecule has 1 amide bonds. The fourth-order valence-electron chi connectivity index (χ4n) is 11.2. The van der Waals surface area contributed by atoms with Gasteiger partial charge in [-0.3, -0.25) is 9.59 Å². The van der Waals surface area contributed by atoms with Crippen LogP contribution in [0.25, 0.3) is 0 Å². The number of rotatable bonds is 9. The highest BCUT2D eigenvalue weighted by atomic mass is 16.6. The molecular formula is C58H86N2O15. The number of carboxylic acids is 1. The number of aliphatic hydroxyl groups excluding tert-OH is 3. The zero-order valence-corrected chi connectivity index (χ0v) is 45.8. The smallest absolute Gasteiger partial charge is 0.335 e. The van der Waals surface area contributed by atoms with Gasteiger partial charge in [-0.15, -0.1) is 0 Å². The number of esters is 1. The number of aliphatic hydroxyl groups is 4. The number of ketones is 1. The number of nitrogens with zero attached hydrogens (tertiary/aromatic N) is 2. The highest BCUT2D eigenvalue weighted by Crippen LogP contribution is 2.38. The molecule has 0 spiro atoms. The minimum absolute atomic E-state index is 0.00466. The maximum absolute atomic E-state index is 14.6. The monoisotopic (exact) mass is 1050 g/mol. The molecular weight excluding hydrogens is 965 g/mol. The van der Waals surface area contributed by atoms with Crippen LogP contribution in [0.3, 0.4) is 0 Å². The standard InChI is InChI=1S/C58H86N2O15/c1-34-17-12-11-13-18-35(2)48(70-8)32-43-24-22-40(7)58(69,74-43)54(64)55(65)60-26-15-14-21-45(60)57(68)73-49(37(4)29-41-23-25-46(61)50(30-41)71-9)33-47(62)36(3)28-39(6)52(63)53(72-10)51(38(5)27-34)59-75-44-20-16-19-42(31-44)56(66)67/h11-13,16-20,28,31,34,36-38,40-41,43,45-50,52-53,61-63,69H,14-15,21-27,29-30,32-33H2,1-10H3,(H,66,67)/b13-11+,17-12+,35-18+,39-28+,59-51?/t34-,36-,37-,38-,40-,41+,43+,45+,46-,47-,48+,49+,50-,52-,53+,58-/m1/s1. The predicted octanol–water partition coefficient (Wildman–Crippen LogP) is 7.54. The fourth-order valence-corrected chi connectivity index (χ4v) is 11.2. The number of hydrogen-bond donors (Lipinski definition) is 5. The number of aromatic carboxylic acids is 1. The van der Waals surface area contributed by atoms with E-state index in [9.17, 15) is 44.7 Å². The van der Waals surface area contributed by atoms with Crippen molar-refractivity contribution in [1.82, 2.24) is 4.90 Å². The molecule has 3 fully saturated rings. The number of Topliss-reactive ketones (excluding diaryl/α,β-unsaturated/α-hetero) is 1. The van der Waals surface area contributed by atoms with Gasteiger partial charge in [-0.05, 0) is 125 Å². The average molecular weight is 1050 g/mol. The number of cyclic esters (lactones) is 1. The van der Waals surface area contributed by atoms with Crippen molar-refractivity contribution in [1.29, 1.82) is 0 Å². The number of hydrogen-bond acceptors (Lipinski definition) is 15. The fraction of sp³-hybridized carbons (Fsp3) is 0.672. The molecule has 418 valence electrons. The number of piperidine rings is 1. The van der Waals surface area contributed by atoms with Crippen molar-refractivity contribution in [2.45, 2.75) is 186 Å². The van der Waals surface area contributed by atoms with Gasteiger partial charge in [-0.25, -0.2) is 9.59 Å². The summed E-state index contributed by atoms with van der Waals surface area (Å²) in [5, 5.41) is 60.9. The first-order valence-electron chi connectivity index (χ1n) is 27.0. The summed E-state index contributed by atoms with van der Waals surface area (Å²) in [4.78, 5) is 62.1. The first kappa shape index (κ1) is 61.3. The number of ether oxygens (including phenoxy) is 5. The summed E-state index contributed by atoms with van der Waals surface area (Å²) in [6, 6.07) is 4.79. The number of methoxy groups -OCH3 is 3. The number of allylic oxidation sites excluding steroid dienone is 5. The molecule has 4 aliphatic rings. The molecule has 2 bridgehead atoms. The Balaban J connectivity index is 1.53. The Bertz CT molecular complexity index is 2230. The van der Waals surface area contributed by atoms with Crippen LogP contribution in [0.1, 0.15) is 136 Å². The van der Waals surface area contributed by atoms with E-state index in [4.69, 9.17) is 28.5 Å². The third-order valence-corrected chi connectivity index (χ3v) is 16.0. The molecule has 1 aromatic rings. The van der Waals surface area contributed by atoms with Gasteiger partial charge in [-0.1, -0.05) is 82.3 Å². The van der Waals surface area contributed by atoms with Gasteiger partial charge in [0.25, 0.3) is 11.7 Å². The summed E-state index contributed by atoms with van der Waals surface area (Å²) >= 11 is 0. The first-order chi connectivity index (χ1) is 35.6. The van der Waals surface area contributed by atoms with Crippen molar-refractivity contribution in [2.24, 2.45) is 40.7 Å². The summed E-state index contributed by atoms with van der Waals surface area (Å²) in [6.45, 7) is 13.1. The highest BCUT2D eigenvalue weighted by molar-refractivity contribution is 6.39. The van der Waals surface area contributed by atoms with E-state index in [-0.39, 0.29) is 60.5 Å². The summed E-state index contributed by atoms with van der Waals surface area (Å²) in [5.41, 5.74) is 1.71. The second-order valence-corrected chi connectivity index (χ2v) is 21.8. The molecule has 17 nitrogen and oxygen atoms in total. The molecule has 5 rings (SSSR count). The molecule has 0 aromatic heterocycles. The molecule has 0 radical (unpaired) electrons. The van der Waals surface area contributed by atoms with Crippen LogP contribution in [0.2, 0.25) is 0 Å². The van der Waals surface area contributed by atoms with Crippen LogP contribution in [-0.4, -0.2) is 148 Å². The number of carboxylic acid groups (broad SMARTS) is 1. The van der Waals surface area contributed by atoms with Gasteiger partial charge in [0.1, 0.15) is 24.4 Å². The van der Waals surface area contributed by atoms with Crippen LogP contribution in [-0.2, 0) is 38.1 Å². The van der Waals surface area contributed by atoms with Gasteiger partial charge < -0.3 is 59.0 Å². The lowest BCUT2D eigenvalue weighted by molar-refractivity contribution is -0.265. The number of carbonyl (C=O) groups excluding carboxylic acids is 3. The van der Waals surface area contributed by atoms with Crippen molar-refractivity contribution >= 4 is 29.3 Å². The van der Waals surface area contributed by atoms with E-state index in [1.807, 2.05) is 58.1 Å². The lowest BCUT2D eigenvalue weighted by Crippen LogP contribution is -2.61. The molecule has 3 aliphatic heterocycles. The molecule has 16 atom stereocenters. The molecule has 75 heavy (non-hydrogen) atoms. The quantitative estimate of drug-likeness (QED) is 0.0695. The molecule has 2 saturated heterocycles. The largest absolute Gasteiger partial charge is 0.478 e. The van der Waals surface area contributed by atoms with Crippen molar-refractivity contribution in [3.8, 4) is 5.75 Å². The number of oxime groups is 1. The molecule has 1 saturated carbocycles. The first-order valence-corrected chi connectivity index (χ1v) is 27.0. The summed E-state index contributed by atoms with van der Waals surface area (Å²) in [7, 11) is 4.60. The minimum atomic E-state index is -2.44. The number of amides is 1. The van der Waals surface area contributed by atoms with E-state index in [0.717, 1.165) is 12.0 Å². The molecule has 3 heterocycles. The van der Waals surface area contributed by atoms with Crippen LogP contribution in [0.4, 0.5) is 0 Å². The highest BCUT2D eigenvalue weighted by Gasteiger charge is 2.53. The minimum Gasteiger partial charge on any atom is -0.478 e. The molecule has 1 aliphatic carbocycles. The summed E-state index contributed by atoms with van der Waals surface area (Å²) in [5.74, 6) is -8.12. The topological polar surface area (TPSA) is 240 Å². The van der Waals surface area contributed by atoms with Crippen LogP contribution in [0.5, 0.6) is 5.75 Å². The Morgan fingerprint density at radius 1 is 0.867 bits per heavy atom. The van der Waals surface area contributed by atoms with Crippen LogP contribution < -0.4 is 4.84 Å². The zero-order valence-electron chi connectivity index (χ0n) is 45.8. The maximum atomic E-state index is 14.6. The van der Waals surface area contributed by atoms with Gasteiger partial charge in [-0.2, -0.15) is 0 Å². The Morgan fingerprint density at radius 2 is 1.61 bits per heavy atom. The Hall–Kier alpha value is -4.59. The number of benzene rings is 1. The van der Waals surface area contributed by atoms with Crippen molar-refractivity contribution in [2.75, 3.05) is 27.9 Å². The number of fused-ring (bicyclic) bond motifs is 3. The van der Waals surface area contributed by atoms with E-state index in [1.54, 1.807) is 53.2 Å². The van der Waals surface area contributed by atoms with Crippen LogP contribution in [0, 0.1) is 35.5 Å². The van der Waals surface area contributed by atoms with E-state index < -0.39 is 90.0 Å². The second-order valence-electron chi connectivity index (χ2n) is 21.8. The normalized spacial score (nSPS) is 38.0. The van der Waals surface area contributed by atoms with Crippen molar-refractivity contribution in [3.63, 3.8) is 0 Å². The van der Waals surface area contributed by atoms with Gasteiger partial charge in [0.2, 0.25) is 5.79 Å². The lowest BCUT2D eigenvalue weighted by Gasteiger charge is -2.43. The third-order valence-electron chi connectivity index (χ3n) is 16.0. The van der Waals surface area contributed by atoms with E-state index >= 15 is 0 Å². The van der Waals surface area contributed by atoms with Crippen molar-refractivity contribution < 1.29 is 73.2 Å². The maximum Gasteiger partial charge on any atom is 0.335 e. The lowest BCUT2D eigenvalue weighted by atomic mass is 9.78. The van der Waals surface area contributed by atoms with Gasteiger partial charge in [0, 0.05) is 58.5 Å². The van der Waals surface area contributed by atoms with Crippen LogP contribution >= 0.6 is 0 Å².